The van der Waals surface area contributed by atoms with Crippen LogP contribution >= 0.6 is 12.6 Å². The predicted octanol–water partition coefficient (Wildman–Crippen LogP) is 4.31. The van der Waals surface area contributed by atoms with Crippen molar-refractivity contribution < 1.29 is 9.90 Å². The van der Waals surface area contributed by atoms with E-state index in [0.717, 1.165) is 4.90 Å². The molecule has 0 aliphatic heterocycles. The molecule has 0 saturated carbocycles. The van der Waals surface area contributed by atoms with E-state index in [4.69, 9.17) is 5.11 Å². The number of carboxylic acid groups (broad SMARTS) is 1. The van der Waals surface area contributed by atoms with Crippen LogP contribution in [0.15, 0.2) is 83.8 Å². The largest absolute Gasteiger partial charge is 0.478 e. The highest BCUT2D eigenvalue weighted by atomic mass is 32.1. The molecule has 0 aliphatic rings. The Labute approximate surface area is 119 Å². The van der Waals surface area contributed by atoms with Crippen LogP contribution in [0, 0.1) is 0 Å². The summed E-state index contributed by atoms with van der Waals surface area (Å²) in [5.41, 5.74) is 0.176. The van der Waals surface area contributed by atoms with Gasteiger partial charge in [0.2, 0.25) is 0 Å². The molecule has 0 radical (unpaired) electrons. The van der Waals surface area contributed by atoms with Gasteiger partial charge in [0.05, 0.1) is 0 Å². The third-order valence-electron chi connectivity index (χ3n) is 1.79. The molecule has 19 heavy (non-hydrogen) atoms. The van der Waals surface area contributed by atoms with Gasteiger partial charge in [-0.2, -0.15) is 0 Å². The first-order valence-corrected chi connectivity index (χ1v) is 6.11. The Morgan fingerprint density at radius 2 is 1.21 bits per heavy atom. The van der Waals surface area contributed by atoms with Gasteiger partial charge in [0.25, 0.3) is 0 Å². The molecule has 0 fully saturated rings. The van der Waals surface area contributed by atoms with Crippen molar-refractivity contribution in [2.45, 2.75) is 11.8 Å². The van der Waals surface area contributed by atoms with Crippen molar-refractivity contribution in [1.82, 2.24) is 0 Å². The summed E-state index contributed by atoms with van der Waals surface area (Å²) >= 11 is 4.08. The maximum absolute atomic E-state index is 9.60. The molecule has 100 valence electrons. The number of carbonyl (C=O) groups is 1. The Morgan fingerprint density at radius 1 is 0.947 bits per heavy atom. The zero-order chi connectivity index (χ0) is 14.5. The third kappa shape index (κ3) is 12.2. The molecule has 3 heteroatoms. The maximum atomic E-state index is 9.60. The number of hydrogen-bond acceptors (Lipinski definition) is 2. The fourth-order valence-corrected chi connectivity index (χ4v) is 0.985. The van der Waals surface area contributed by atoms with Crippen LogP contribution in [-0.4, -0.2) is 11.1 Å². The van der Waals surface area contributed by atoms with Crippen LogP contribution in [0.3, 0.4) is 0 Å². The standard InChI is InChI=1S/C6H6S.C6H6.C4H6O2/c7-6-4-2-1-3-5-6;1-2-4-6-5-3-1;1-3(2)4(5)6/h1-5,7H;1-6H;1H2,2H3,(H,5,6). The molecule has 0 atom stereocenters. The Bertz CT molecular complexity index is 428. The van der Waals surface area contributed by atoms with Crippen molar-refractivity contribution in [3.63, 3.8) is 0 Å². The average Bonchev–Trinajstić information content (AvgIpc) is 2.43. The lowest BCUT2D eigenvalue weighted by Gasteiger charge is -1.81. The highest BCUT2D eigenvalue weighted by Crippen LogP contribution is 2.00. The van der Waals surface area contributed by atoms with E-state index in [-0.39, 0.29) is 5.57 Å². The number of thiol groups is 1. The summed E-state index contributed by atoms with van der Waals surface area (Å²) in [6, 6.07) is 21.8. The minimum atomic E-state index is -0.935. The third-order valence-corrected chi connectivity index (χ3v) is 2.09. The number of benzene rings is 2. The highest BCUT2D eigenvalue weighted by Gasteiger charge is 1.90. The van der Waals surface area contributed by atoms with E-state index < -0.39 is 5.97 Å². The van der Waals surface area contributed by atoms with Gasteiger partial charge in [0.15, 0.2) is 0 Å². The van der Waals surface area contributed by atoms with Crippen molar-refractivity contribution in [2.24, 2.45) is 0 Å². The summed E-state index contributed by atoms with van der Waals surface area (Å²) in [4.78, 5) is 10.6. The summed E-state index contributed by atoms with van der Waals surface area (Å²) in [5.74, 6) is -0.935. The van der Waals surface area contributed by atoms with Gasteiger partial charge in [-0.3, -0.25) is 0 Å². The van der Waals surface area contributed by atoms with Crippen LogP contribution in [-0.2, 0) is 4.79 Å². The molecule has 0 aliphatic carbocycles. The van der Waals surface area contributed by atoms with Gasteiger partial charge >= 0.3 is 5.97 Å². The Morgan fingerprint density at radius 3 is 1.37 bits per heavy atom. The summed E-state index contributed by atoms with van der Waals surface area (Å²) in [6.45, 7) is 4.60. The van der Waals surface area contributed by atoms with Crippen molar-refractivity contribution in [1.29, 1.82) is 0 Å². The average molecular weight is 274 g/mol. The van der Waals surface area contributed by atoms with Crippen LogP contribution in [0.2, 0.25) is 0 Å². The number of hydrogen-bond donors (Lipinski definition) is 2. The molecule has 2 aromatic rings. The van der Waals surface area contributed by atoms with E-state index in [1.807, 2.05) is 66.7 Å². The number of aliphatic carboxylic acids is 1. The van der Waals surface area contributed by atoms with Crippen LogP contribution in [0.1, 0.15) is 6.92 Å². The fourth-order valence-electron chi connectivity index (χ4n) is 0.813. The quantitative estimate of drug-likeness (QED) is 0.600. The molecule has 2 rings (SSSR count). The molecule has 0 heterocycles. The van der Waals surface area contributed by atoms with Crippen molar-refractivity contribution in [2.75, 3.05) is 0 Å². The predicted molar refractivity (Wildman–Crippen MR) is 82.6 cm³/mol. The van der Waals surface area contributed by atoms with E-state index in [0.29, 0.717) is 0 Å². The lowest BCUT2D eigenvalue weighted by Crippen LogP contribution is -1.92. The fraction of sp³-hybridized carbons (Fsp3) is 0.0625. The summed E-state index contributed by atoms with van der Waals surface area (Å²) in [6.07, 6.45) is 0. The van der Waals surface area contributed by atoms with E-state index >= 15 is 0 Å². The molecule has 0 unspecified atom stereocenters. The van der Waals surface area contributed by atoms with Gasteiger partial charge in [0.1, 0.15) is 0 Å². The molecule has 2 aromatic carbocycles. The van der Waals surface area contributed by atoms with Crippen molar-refractivity contribution >= 4 is 18.6 Å². The zero-order valence-electron chi connectivity index (χ0n) is 10.9. The van der Waals surface area contributed by atoms with E-state index in [9.17, 15) is 4.79 Å². The smallest absolute Gasteiger partial charge is 0.330 e. The van der Waals surface area contributed by atoms with E-state index in [1.165, 1.54) is 6.92 Å². The summed E-state index contributed by atoms with van der Waals surface area (Å²) in [5, 5.41) is 7.89. The molecule has 0 spiro atoms. The van der Waals surface area contributed by atoms with E-state index in [2.05, 4.69) is 19.2 Å². The Balaban J connectivity index is 0.000000257. The second-order valence-electron chi connectivity index (χ2n) is 3.58. The van der Waals surface area contributed by atoms with Crippen LogP contribution in [0.4, 0.5) is 0 Å². The van der Waals surface area contributed by atoms with Crippen molar-refractivity contribution in [3.8, 4) is 0 Å². The normalized spacial score (nSPS) is 8.11. The van der Waals surface area contributed by atoms with Gasteiger partial charge in [0, 0.05) is 10.5 Å². The molecule has 0 bridgehead atoms. The van der Waals surface area contributed by atoms with E-state index in [1.54, 1.807) is 0 Å². The van der Waals surface area contributed by atoms with Gasteiger partial charge in [-0.1, -0.05) is 61.2 Å². The summed E-state index contributed by atoms with van der Waals surface area (Å²) in [7, 11) is 0. The second-order valence-corrected chi connectivity index (χ2v) is 4.09. The monoisotopic (exact) mass is 274 g/mol. The molecular weight excluding hydrogens is 256 g/mol. The summed E-state index contributed by atoms with van der Waals surface area (Å²) < 4.78 is 0. The minimum Gasteiger partial charge on any atom is -0.478 e. The minimum absolute atomic E-state index is 0.176. The topological polar surface area (TPSA) is 37.3 Å². The highest BCUT2D eigenvalue weighted by molar-refractivity contribution is 7.80. The number of rotatable bonds is 1. The lowest BCUT2D eigenvalue weighted by molar-refractivity contribution is -0.132. The van der Waals surface area contributed by atoms with Crippen LogP contribution < -0.4 is 0 Å². The first kappa shape index (κ1) is 17.0. The van der Waals surface area contributed by atoms with Gasteiger partial charge in [-0.05, 0) is 19.1 Å². The SMILES string of the molecule is C=C(C)C(=O)O.Sc1ccccc1.c1ccccc1. The molecular formula is C16H18O2S. The molecule has 1 N–H and O–H groups in total. The second kappa shape index (κ2) is 11.1. The van der Waals surface area contributed by atoms with Gasteiger partial charge < -0.3 is 5.11 Å². The van der Waals surface area contributed by atoms with Crippen molar-refractivity contribution in [3.05, 3.63) is 78.9 Å². The van der Waals surface area contributed by atoms with Gasteiger partial charge in [-0.15, -0.1) is 12.6 Å². The first-order chi connectivity index (χ1) is 9.04. The van der Waals surface area contributed by atoms with Gasteiger partial charge in [-0.25, -0.2) is 4.79 Å². The van der Waals surface area contributed by atoms with Crippen LogP contribution in [0.25, 0.3) is 0 Å². The molecule has 0 aromatic heterocycles. The molecule has 0 saturated heterocycles. The van der Waals surface area contributed by atoms with Crippen LogP contribution in [0.5, 0.6) is 0 Å². The lowest BCUT2D eigenvalue weighted by atomic mass is 10.4. The maximum Gasteiger partial charge on any atom is 0.330 e. The zero-order valence-corrected chi connectivity index (χ0v) is 11.8. The molecule has 0 amide bonds. The Kier molecular flexibility index (Phi) is 9.94. The molecule has 2 nitrogen and oxygen atoms in total. The number of carboxylic acids is 1. The Hall–Kier alpha value is -2.00. The first-order valence-electron chi connectivity index (χ1n) is 5.67.